The molecule has 8 nitrogen and oxygen atoms in total. The Morgan fingerprint density at radius 3 is 2.77 bits per heavy atom. The molecular weight excluding hydrogens is 424 g/mol. The minimum Gasteiger partial charge on any atom is -0.481 e. The normalized spacial score (nSPS) is 13.8. The number of benzene rings is 1. The summed E-state index contributed by atoms with van der Waals surface area (Å²) >= 11 is 2.40. The van der Waals surface area contributed by atoms with E-state index in [9.17, 15) is 14.4 Å². The second kappa shape index (κ2) is 10.4. The second-order valence-electron chi connectivity index (χ2n) is 6.99. The molecule has 3 N–H and O–H groups in total. The van der Waals surface area contributed by atoms with Crippen molar-refractivity contribution < 1.29 is 19.5 Å². The van der Waals surface area contributed by atoms with Crippen LogP contribution in [0.15, 0.2) is 34.7 Å². The van der Waals surface area contributed by atoms with Crippen LogP contribution in [-0.2, 0) is 4.79 Å². The third-order valence-electron chi connectivity index (χ3n) is 4.84. The van der Waals surface area contributed by atoms with Gasteiger partial charge in [-0.1, -0.05) is 30.2 Å². The number of hydrogen-bond acceptors (Lipinski definition) is 6. The highest BCUT2D eigenvalue weighted by atomic mass is 32.2. The maximum Gasteiger partial charge on any atom is 0.328 e. The molecule has 160 valence electrons. The lowest BCUT2D eigenvalue weighted by molar-refractivity contribution is -0.133. The van der Waals surface area contributed by atoms with Gasteiger partial charge in [0.1, 0.15) is 0 Å². The fraction of sp³-hybridized carbons (Fsp3) is 0.400. The van der Waals surface area contributed by atoms with Gasteiger partial charge in [-0.15, -0.1) is 11.8 Å². The summed E-state index contributed by atoms with van der Waals surface area (Å²) < 4.78 is 0.719. The molecule has 0 saturated heterocycles. The predicted octanol–water partition coefficient (Wildman–Crippen LogP) is 3.91. The largest absolute Gasteiger partial charge is 0.481 e. The maximum atomic E-state index is 13.1. The topological polar surface area (TPSA) is 112 Å². The first-order valence-corrected chi connectivity index (χ1v) is 11.5. The molecule has 0 unspecified atom stereocenters. The number of amides is 3. The van der Waals surface area contributed by atoms with E-state index >= 15 is 0 Å². The molecule has 0 bridgehead atoms. The Bertz CT molecular complexity index is 912. The third-order valence-corrected chi connectivity index (χ3v) is 6.94. The average molecular weight is 449 g/mol. The number of urea groups is 1. The Morgan fingerprint density at radius 1 is 1.30 bits per heavy atom. The van der Waals surface area contributed by atoms with E-state index in [4.69, 9.17) is 5.11 Å². The number of carbonyl (C=O) groups excluding carboxylic acids is 2. The summed E-state index contributed by atoms with van der Waals surface area (Å²) in [5.74, 6) is -0.761. The quantitative estimate of drug-likeness (QED) is 0.528. The van der Waals surface area contributed by atoms with Crippen LogP contribution in [-0.4, -0.2) is 47.3 Å². The van der Waals surface area contributed by atoms with Crippen LogP contribution in [0.4, 0.5) is 15.6 Å². The zero-order chi connectivity index (χ0) is 21.5. The van der Waals surface area contributed by atoms with Crippen LogP contribution in [0.1, 0.15) is 36.0 Å². The number of aromatic nitrogens is 1. The zero-order valence-corrected chi connectivity index (χ0v) is 18.2. The number of anilines is 2. The van der Waals surface area contributed by atoms with E-state index in [0.29, 0.717) is 28.8 Å². The molecule has 10 heteroatoms. The minimum atomic E-state index is -0.905. The van der Waals surface area contributed by atoms with E-state index in [0.717, 1.165) is 41.7 Å². The molecule has 1 saturated carbocycles. The van der Waals surface area contributed by atoms with Crippen molar-refractivity contribution in [2.75, 3.05) is 29.6 Å². The van der Waals surface area contributed by atoms with Crippen LogP contribution in [0.5, 0.6) is 0 Å². The lowest BCUT2D eigenvalue weighted by atomic mass is 10.1. The number of thiazole rings is 1. The Labute approximate surface area is 183 Å². The Morgan fingerprint density at radius 2 is 2.07 bits per heavy atom. The first-order chi connectivity index (χ1) is 14.5. The van der Waals surface area contributed by atoms with E-state index in [1.54, 1.807) is 36.3 Å². The number of carboxylic acids is 1. The number of rotatable bonds is 8. The molecule has 1 aliphatic rings. The second-order valence-corrected chi connectivity index (χ2v) is 9.29. The average Bonchev–Trinajstić information content (AvgIpc) is 3.41. The number of hydrogen-bond donors (Lipinski definition) is 3. The monoisotopic (exact) mass is 448 g/mol. The van der Waals surface area contributed by atoms with Crippen LogP contribution in [0, 0.1) is 5.92 Å². The molecule has 3 amide bonds. The first kappa shape index (κ1) is 22.1. The number of carbonyl (C=O) groups is 3. The predicted molar refractivity (Wildman–Crippen MR) is 119 cm³/mol. The van der Waals surface area contributed by atoms with E-state index in [1.165, 1.54) is 11.3 Å². The molecule has 2 aromatic rings. The third kappa shape index (κ3) is 5.96. The van der Waals surface area contributed by atoms with Crippen LogP contribution in [0.3, 0.4) is 0 Å². The summed E-state index contributed by atoms with van der Waals surface area (Å²) in [6.45, 7) is 0.565. The van der Waals surface area contributed by atoms with Crippen molar-refractivity contribution >= 4 is 51.8 Å². The van der Waals surface area contributed by atoms with Crippen molar-refractivity contribution in [2.45, 2.75) is 29.9 Å². The fourth-order valence-corrected chi connectivity index (χ4v) is 4.97. The van der Waals surface area contributed by atoms with Gasteiger partial charge in [-0.25, -0.2) is 9.78 Å². The van der Waals surface area contributed by atoms with Crippen molar-refractivity contribution in [3.63, 3.8) is 0 Å². The molecule has 1 heterocycles. The smallest absolute Gasteiger partial charge is 0.328 e. The molecule has 1 aliphatic carbocycles. The van der Waals surface area contributed by atoms with Gasteiger partial charge in [0.25, 0.3) is 5.91 Å². The van der Waals surface area contributed by atoms with Crippen molar-refractivity contribution in [3.05, 3.63) is 36.0 Å². The number of nitrogens with one attached hydrogen (secondary N) is 2. The van der Waals surface area contributed by atoms with Gasteiger partial charge in [-0.05, 0) is 37.0 Å². The van der Waals surface area contributed by atoms with E-state index in [-0.39, 0.29) is 17.7 Å². The molecule has 0 aliphatic heterocycles. The molecule has 0 radical (unpaired) electrons. The van der Waals surface area contributed by atoms with E-state index < -0.39 is 5.97 Å². The summed E-state index contributed by atoms with van der Waals surface area (Å²) in [5.41, 5.74) is 1.14. The van der Waals surface area contributed by atoms with E-state index in [2.05, 4.69) is 15.6 Å². The molecule has 3 rings (SSSR count). The van der Waals surface area contributed by atoms with Gasteiger partial charge >= 0.3 is 12.0 Å². The number of nitrogens with zero attached hydrogens (tertiary/aromatic N) is 2. The van der Waals surface area contributed by atoms with Gasteiger partial charge in [0.2, 0.25) is 0 Å². The van der Waals surface area contributed by atoms with Crippen molar-refractivity contribution in [2.24, 2.45) is 5.92 Å². The van der Waals surface area contributed by atoms with Crippen LogP contribution >= 0.6 is 23.1 Å². The molecule has 1 aromatic carbocycles. The molecular formula is C20H24N4O4S2. The molecule has 0 atom stereocenters. The summed E-state index contributed by atoms with van der Waals surface area (Å²) in [4.78, 5) is 41.7. The first-order valence-electron chi connectivity index (χ1n) is 9.67. The van der Waals surface area contributed by atoms with E-state index in [1.807, 2.05) is 6.07 Å². The number of thioether (sulfide) groups is 1. The van der Waals surface area contributed by atoms with Crippen molar-refractivity contribution in [1.82, 2.24) is 10.3 Å². The Hall–Kier alpha value is -2.59. The highest BCUT2D eigenvalue weighted by Gasteiger charge is 2.24. The van der Waals surface area contributed by atoms with Crippen LogP contribution in [0.25, 0.3) is 0 Å². The van der Waals surface area contributed by atoms with Crippen LogP contribution in [0.2, 0.25) is 0 Å². The summed E-state index contributed by atoms with van der Waals surface area (Å²) in [7, 11) is 1.57. The van der Waals surface area contributed by atoms with Gasteiger partial charge in [-0.3, -0.25) is 19.8 Å². The zero-order valence-electron chi connectivity index (χ0n) is 16.6. The highest BCUT2D eigenvalue weighted by molar-refractivity contribution is 8.01. The Balaban J connectivity index is 1.77. The number of carboxylic acid groups (broad SMARTS) is 1. The maximum absolute atomic E-state index is 13.1. The van der Waals surface area contributed by atoms with Gasteiger partial charge < -0.3 is 10.4 Å². The summed E-state index contributed by atoms with van der Waals surface area (Å²) in [6.07, 6.45) is 6.03. The minimum absolute atomic E-state index is 0.0599. The van der Waals surface area contributed by atoms with Gasteiger partial charge in [0.05, 0.1) is 16.2 Å². The number of aliphatic carboxylic acids is 1. The standard InChI is InChI=1S/C20H24N4O4S2/c1-21-18(27)14-7-4-8-15(9-14)24(11-13-5-2-3-6-13)20(28)23-19-22-10-17(30-19)29-12-16(25)26/h4,7-10,13H,2-3,5-6,11-12H2,1H3,(H,21,27)(H,25,26)(H,22,23,28). The molecule has 0 spiro atoms. The molecule has 1 aromatic heterocycles. The SMILES string of the molecule is CNC(=O)c1cccc(N(CC2CCCC2)C(=O)Nc2ncc(SCC(=O)O)s2)c1. The molecule has 1 fully saturated rings. The lowest BCUT2D eigenvalue weighted by Gasteiger charge is -2.26. The van der Waals surface area contributed by atoms with Gasteiger partial charge in [0, 0.05) is 24.8 Å². The van der Waals surface area contributed by atoms with Crippen LogP contribution < -0.4 is 15.5 Å². The van der Waals surface area contributed by atoms with Gasteiger partial charge in [0.15, 0.2) is 5.13 Å². The van der Waals surface area contributed by atoms with Crippen molar-refractivity contribution in [3.8, 4) is 0 Å². The summed E-state index contributed by atoms with van der Waals surface area (Å²) in [5, 5.41) is 14.6. The highest BCUT2D eigenvalue weighted by Crippen LogP contribution is 2.30. The fourth-order valence-electron chi connectivity index (χ4n) is 3.39. The van der Waals surface area contributed by atoms with Crippen molar-refractivity contribution in [1.29, 1.82) is 0 Å². The lowest BCUT2D eigenvalue weighted by Crippen LogP contribution is -2.38. The molecule has 30 heavy (non-hydrogen) atoms. The summed E-state index contributed by atoms with van der Waals surface area (Å²) in [6, 6.07) is 6.68. The Kier molecular flexibility index (Phi) is 7.69. The van der Waals surface area contributed by atoms with Gasteiger partial charge in [-0.2, -0.15) is 0 Å².